The molecule has 0 unspecified atom stereocenters. The van der Waals surface area contributed by atoms with Gasteiger partial charge in [-0.25, -0.2) is 4.98 Å². The van der Waals surface area contributed by atoms with Crippen molar-refractivity contribution in [3.8, 4) is 0 Å². The van der Waals surface area contributed by atoms with E-state index in [1.165, 1.54) is 12.4 Å². The lowest BCUT2D eigenvalue weighted by atomic mass is 10.2. The highest BCUT2D eigenvalue weighted by Gasteiger charge is 2.09. The molecule has 0 atom stereocenters. The van der Waals surface area contributed by atoms with Crippen molar-refractivity contribution < 1.29 is 9.59 Å². The Hall–Kier alpha value is -1.58. The van der Waals surface area contributed by atoms with Gasteiger partial charge in [-0.15, -0.1) is 0 Å². The molecule has 0 radical (unpaired) electrons. The Labute approximate surface area is 69.7 Å². The average Bonchev–Trinajstić information content (AvgIpc) is 2.05. The normalized spacial score (nSPS) is 9.42. The van der Waals surface area contributed by atoms with Gasteiger partial charge in [-0.05, 0) is 6.92 Å². The highest BCUT2D eigenvalue weighted by atomic mass is 16.1. The Kier molecular flexibility index (Phi) is 2.63. The van der Waals surface area contributed by atoms with E-state index in [9.17, 15) is 9.59 Å². The Morgan fingerprint density at radius 1 is 1.50 bits per heavy atom. The quantitative estimate of drug-likeness (QED) is 0.372. The van der Waals surface area contributed by atoms with Crippen LogP contribution in [0.15, 0.2) is 12.4 Å². The van der Waals surface area contributed by atoms with Crippen molar-refractivity contribution >= 4 is 12.1 Å². The molecule has 0 aromatic carbocycles. The van der Waals surface area contributed by atoms with Gasteiger partial charge < -0.3 is 4.79 Å². The molecular weight excluding hydrogens is 156 g/mol. The van der Waals surface area contributed by atoms with E-state index < -0.39 is 0 Å². The van der Waals surface area contributed by atoms with Crippen molar-refractivity contribution in [1.82, 2.24) is 9.97 Å². The fraction of sp³-hybridized carbons (Fsp3) is 0.250. The number of carbonyl (C=O) groups excluding carboxylic acids is 2. The second-order valence-corrected chi connectivity index (χ2v) is 2.28. The number of aromatic nitrogens is 2. The van der Waals surface area contributed by atoms with Crippen molar-refractivity contribution in [3.05, 3.63) is 23.8 Å². The van der Waals surface area contributed by atoms with Crippen molar-refractivity contribution in [2.75, 3.05) is 0 Å². The molecule has 1 aromatic heterocycles. The minimum absolute atomic E-state index is 0.125. The molecule has 0 saturated heterocycles. The second kappa shape index (κ2) is 3.71. The topological polar surface area (TPSA) is 59.9 Å². The number of ketones is 1. The smallest absolute Gasteiger partial charge is 0.190 e. The fourth-order valence-corrected chi connectivity index (χ4v) is 0.854. The summed E-state index contributed by atoms with van der Waals surface area (Å²) in [5.74, 6) is -0.282. The zero-order valence-electron chi connectivity index (χ0n) is 6.65. The molecule has 0 aliphatic heterocycles. The van der Waals surface area contributed by atoms with Crippen LogP contribution in [0.25, 0.3) is 0 Å². The molecule has 4 nitrogen and oxygen atoms in total. The van der Waals surface area contributed by atoms with Gasteiger partial charge in [-0.2, -0.15) is 0 Å². The maximum Gasteiger partial charge on any atom is 0.190 e. The van der Waals surface area contributed by atoms with Crippen LogP contribution < -0.4 is 0 Å². The number of aryl methyl sites for hydroxylation is 1. The number of nitrogens with zero attached hydrogens (tertiary/aromatic N) is 2. The molecule has 12 heavy (non-hydrogen) atoms. The predicted molar refractivity (Wildman–Crippen MR) is 41.8 cm³/mol. The Morgan fingerprint density at radius 2 is 2.17 bits per heavy atom. The van der Waals surface area contributed by atoms with Gasteiger partial charge in [-0.3, -0.25) is 9.78 Å². The van der Waals surface area contributed by atoms with Crippen molar-refractivity contribution in [2.24, 2.45) is 0 Å². The first-order valence-electron chi connectivity index (χ1n) is 3.50. The lowest BCUT2D eigenvalue weighted by Gasteiger charge is -1.97. The molecule has 1 heterocycles. The maximum absolute atomic E-state index is 11.1. The van der Waals surface area contributed by atoms with Crippen molar-refractivity contribution in [3.63, 3.8) is 0 Å². The van der Waals surface area contributed by atoms with Crippen molar-refractivity contribution in [1.29, 1.82) is 0 Å². The molecule has 4 heteroatoms. The first-order chi connectivity index (χ1) is 5.75. The number of hydrogen-bond donors (Lipinski definition) is 0. The molecule has 0 aliphatic carbocycles. The lowest BCUT2D eigenvalue weighted by Crippen LogP contribution is -2.06. The first-order valence-corrected chi connectivity index (χ1v) is 3.50. The molecule has 0 spiro atoms. The third-order valence-corrected chi connectivity index (χ3v) is 1.41. The van der Waals surface area contributed by atoms with E-state index in [0.29, 0.717) is 12.0 Å². The maximum atomic E-state index is 11.1. The summed E-state index contributed by atoms with van der Waals surface area (Å²) in [6.07, 6.45) is 3.38. The van der Waals surface area contributed by atoms with E-state index in [-0.39, 0.29) is 17.9 Å². The average molecular weight is 164 g/mol. The SMILES string of the molecule is Cc1nccnc1C(=O)CC=O. The van der Waals surface area contributed by atoms with Crippen LogP contribution in [0.2, 0.25) is 0 Å². The highest BCUT2D eigenvalue weighted by Crippen LogP contribution is 2.01. The monoisotopic (exact) mass is 164 g/mol. The van der Waals surface area contributed by atoms with Gasteiger partial charge in [0.2, 0.25) is 0 Å². The van der Waals surface area contributed by atoms with Gasteiger partial charge in [0.15, 0.2) is 5.78 Å². The molecule has 0 saturated carbocycles. The minimum atomic E-state index is -0.282. The summed E-state index contributed by atoms with van der Waals surface area (Å²) in [5, 5.41) is 0. The van der Waals surface area contributed by atoms with Crippen LogP contribution in [-0.4, -0.2) is 22.0 Å². The Morgan fingerprint density at radius 3 is 2.75 bits per heavy atom. The van der Waals surface area contributed by atoms with Crippen molar-refractivity contribution in [2.45, 2.75) is 13.3 Å². The van der Waals surface area contributed by atoms with Gasteiger partial charge in [0.05, 0.1) is 12.1 Å². The van der Waals surface area contributed by atoms with E-state index in [1.54, 1.807) is 6.92 Å². The molecule has 0 N–H and O–H groups in total. The molecule has 0 fully saturated rings. The summed E-state index contributed by atoms with van der Waals surface area (Å²) in [4.78, 5) is 28.9. The largest absolute Gasteiger partial charge is 0.303 e. The summed E-state index contributed by atoms with van der Waals surface area (Å²) in [7, 11) is 0. The van der Waals surface area contributed by atoms with Crippen LogP contribution in [0, 0.1) is 6.92 Å². The summed E-state index contributed by atoms with van der Waals surface area (Å²) in [5.41, 5.74) is 0.842. The van der Waals surface area contributed by atoms with E-state index in [0.717, 1.165) is 0 Å². The zero-order chi connectivity index (χ0) is 8.97. The van der Waals surface area contributed by atoms with Crippen LogP contribution in [0.4, 0.5) is 0 Å². The van der Waals surface area contributed by atoms with E-state index in [2.05, 4.69) is 9.97 Å². The standard InChI is InChI=1S/C8H8N2O2/c1-6-8(7(12)2-5-11)10-4-3-9-6/h3-5H,2H2,1H3. The van der Waals surface area contributed by atoms with Gasteiger partial charge in [0.1, 0.15) is 12.0 Å². The molecule has 0 aliphatic rings. The van der Waals surface area contributed by atoms with E-state index >= 15 is 0 Å². The number of hydrogen-bond acceptors (Lipinski definition) is 4. The van der Waals surface area contributed by atoms with Crippen LogP contribution in [-0.2, 0) is 4.79 Å². The van der Waals surface area contributed by atoms with Crippen LogP contribution >= 0.6 is 0 Å². The van der Waals surface area contributed by atoms with E-state index in [1.807, 2.05) is 0 Å². The Bertz CT molecular complexity index is 310. The summed E-state index contributed by atoms with van der Waals surface area (Å²) >= 11 is 0. The van der Waals surface area contributed by atoms with Gasteiger partial charge >= 0.3 is 0 Å². The highest BCUT2D eigenvalue weighted by molar-refractivity contribution is 6.01. The molecular formula is C8H8N2O2. The minimum Gasteiger partial charge on any atom is -0.303 e. The summed E-state index contributed by atoms with van der Waals surface area (Å²) < 4.78 is 0. The molecule has 0 amide bonds. The van der Waals surface area contributed by atoms with Crippen LogP contribution in [0.3, 0.4) is 0 Å². The summed E-state index contributed by atoms with van der Waals surface area (Å²) in [6, 6.07) is 0. The third kappa shape index (κ3) is 1.72. The van der Waals surface area contributed by atoms with E-state index in [4.69, 9.17) is 0 Å². The fourth-order valence-electron chi connectivity index (χ4n) is 0.854. The first kappa shape index (κ1) is 8.52. The van der Waals surface area contributed by atoms with Gasteiger partial charge in [-0.1, -0.05) is 0 Å². The second-order valence-electron chi connectivity index (χ2n) is 2.28. The lowest BCUT2D eigenvalue weighted by molar-refractivity contribution is -0.107. The number of aldehydes is 1. The zero-order valence-corrected chi connectivity index (χ0v) is 6.65. The van der Waals surface area contributed by atoms with Gasteiger partial charge in [0.25, 0.3) is 0 Å². The van der Waals surface area contributed by atoms with Crippen LogP contribution in [0.5, 0.6) is 0 Å². The molecule has 1 aromatic rings. The van der Waals surface area contributed by atoms with Crippen LogP contribution in [0.1, 0.15) is 22.6 Å². The number of carbonyl (C=O) groups is 2. The number of rotatable bonds is 3. The van der Waals surface area contributed by atoms with Gasteiger partial charge in [0, 0.05) is 12.4 Å². The number of Topliss-reactive ketones (excluding diaryl/α,β-unsaturated/α-hetero) is 1. The third-order valence-electron chi connectivity index (χ3n) is 1.41. The predicted octanol–water partition coefficient (Wildman–Crippen LogP) is 0.557. The summed E-state index contributed by atoms with van der Waals surface area (Å²) in [6.45, 7) is 1.69. The Balaban J connectivity index is 2.94. The molecule has 1 rings (SSSR count). The molecule has 62 valence electrons. The molecule has 0 bridgehead atoms.